The number of benzene rings is 1. The molecule has 31 heavy (non-hydrogen) atoms. The minimum atomic E-state index is -1.03. The lowest BCUT2D eigenvalue weighted by molar-refractivity contribution is -0.177. The number of amides is 1. The molecule has 1 aromatic carbocycles. The van der Waals surface area contributed by atoms with Crippen LogP contribution in [0, 0.1) is 23.7 Å². The number of hydrogen-bond acceptors (Lipinski definition) is 4. The molecule has 2 N–H and O–H groups in total. The standard InChI is InChI=1S/C25H32N2O4/c28-23(31-22-17-10-15-9-16(12-17)13-18(22)11-15)21-19-3-1-2-4-20(19)25(5-7-26-8-6-25)14-27(21)24(29)30/h1-4,15-18,21-22,26H,5-14H2,(H,29,30). The molecule has 4 saturated carbocycles. The molecule has 1 saturated heterocycles. The molecule has 1 amide bonds. The van der Waals surface area contributed by atoms with Gasteiger partial charge in [-0.2, -0.15) is 0 Å². The maximum Gasteiger partial charge on any atom is 0.408 e. The first kappa shape index (κ1) is 19.6. The monoisotopic (exact) mass is 424 g/mol. The number of nitrogens with one attached hydrogen (secondary N) is 1. The lowest BCUT2D eigenvalue weighted by Crippen LogP contribution is -2.56. The van der Waals surface area contributed by atoms with Gasteiger partial charge in [0.15, 0.2) is 6.04 Å². The molecule has 2 heterocycles. The van der Waals surface area contributed by atoms with Crippen molar-refractivity contribution < 1.29 is 19.4 Å². The number of nitrogens with zero attached hydrogens (tertiary/aromatic N) is 1. The first-order valence-corrected chi connectivity index (χ1v) is 12.0. The van der Waals surface area contributed by atoms with E-state index in [2.05, 4.69) is 11.4 Å². The predicted octanol–water partition coefficient (Wildman–Crippen LogP) is 3.71. The Morgan fingerprint density at radius 1 is 1.00 bits per heavy atom. The van der Waals surface area contributed by atoms with Gasteiger partial charge in [-0.25, -0.2) is 9.59 Å². The molecule has 7 rings (SSSR count). The van der Waals surface area contributed by atoms with E-state index in [-0.39, 0.29) is 17.5 Å². The van der Waals surface area contributed by atoms with E-state index in [1.165, 1.54) is 37.0 Å². The van der Waals surface area contributed by atoms with Crippen LogP contribution in [-0.4, -0.2) is 47.8 Å². The van der Waals surface area contributed by atoms with Gasteiger partial charge in [0, 0.05) is 12.0 Å². The van der Waals surface area contributed by atoms with Crippen molar-refractivity contribution >= 4 is 12.1 Å². The van der Waals surface area contributed by atoms with Gasteiger partial charge in [-0.15, -0.1) is 0 Å². The van der Waals surface area contributed by atoms with Crippen molar-refractivity contribution in [2.75, 3.05) is 19.6 Å². The second-order valence-electron chi connectivity index (χ2n) is 10.8. The van der Waals surface area contributed by atoms with E-state index in [1.807, 2.05) is 18.2 Å². The van der Waals surface area contributed by atoms with Crippen molar-refractivity contribution in [1.82, 2.24) is 10.2 Å². The molecular formula is C25H32N2O4. The molecular weight excluding hydrogens is 392 g/mol. The van der Waals surface area contributed by atoms with Crippen LogP contribution in [0.5, 0.6) is 0 Å². The highest BCUT2D eigenvalue weighted by Crippen LogP contribution is 2.55. The Labute approximate surface area is 183 Å². The average Bonchev–Trinajstić information content (AvgIpc) is 2.76. The van der Waals surface area contributed by atoms with Gasteiger partial charge >= 0.3 is 12.1 Å². The summed E-state index contributed by atoms with van der Waals surface area (Å²) in [5, 5.41) is 13.5. The van der Waals surface area contributed by atoms with Gasteiger partial charge in [0.05, 0.1) is 0 Å². The molecule has 5 fully saturated rings. The van der Waals surface area contributed by atoms with Crippen LogP contribution in [0.4, 0.5) is 4.79 Å². The summed E-state index contributed by atoms with van der Waals surface area (Å²) in [4.78, 5) is 27.3. The summed E-state index contributed by atoms with van der Waals surface area (Å²) < 4.78 is 6.22. The molecule has 6 nitrogen and oxygen atoms in total. The predicted molar refractivity (Wildman–Crippen MR) is 115 cm³/mol. The summed E-state index contributed by atoms with van der Waals surface area (Å²) in [5.74, 6) is 2.18. The van der Waals surface area contributed by atoms with Crippen LogP contribution in [0.2, 0.25) is 0 Å². The first-order chi connectivity index (χ1) is 15.0. The summed E-state index contributed by atoms with van der Waals surface area (Å²) >= 11 is 0. The first-order valence-electron chi connectivity index (χ1n) is 12.0. The Bertz CT molecular complexity index is 865. The Balaban J connectivity index is 1.32. The summed E-state index contributed by atoms with van der Waals surface area (Å²) in [6.45, 7) is 2.10. The number of carbonyl (C=O) groups excluding carboxylic acids is 1. The van der Waals surface area contributed by atoms with Gasteiger partial charge in [-0.1, -0.05) is 24.3 Å². The second-order valence-corrected chi connectivity index (χ2v) is 10.8. The summed E-state index contributed by atoms with van der Waals surface area (Å²) in [6.07, 6.45) is 6.74. The minimum absolute atomic E-state index is 0.0297. The van der Waals surface area contributed by atoms with Crippen molar-refractivity contribution in [3.8, 4) is 0 Å². The number of esters is 1. The van der Waals surface area contributed by atoms with E-state index in [4.69, 9.17) is 4.74 Å². The molecule has 4 aliphatic carbocycles. The van der Waals surface area contributed by atoms with Crippen LogP contribution in [-0.2, 0) is 14.9 Å². The number of carboxylic acid groups (broad SMARTS) is 1. The van der Waals surface area contributed by atoms with E-state index in [0.717, 1.165) is 48.9 Å². The zero-order chi connectivity index (χ0) is 21.2. The van der Waals surface area contributed by atoms with Crippen molar-refractivity contribution in [2.24, 2.45) is 23.7 Å². The normalized spacial score (nSPS) is 37.5. The lowest BCUT2D eigenvalue weighted by atomic mass is 9.55. The molecule has 6 aliphatic rings. The summed E-state index contributed by atoms with van der Waals surface area (Å²) in [6, 6.07) is 7.12. The lowest BCUT2D eigenvalue weighted by Gasteiger charge is -2.54. The van der Waals surface area contributed by atoms with Crippen molar-refractivity contribution in [2.45, 2.75) is 62.5 Å². The smallest absolute Gasteiger partial charge is 0.408 e. The fourth-order valence-corrected chi connectivity index (χ4v) is 7.92. The fraction of sp³-hybridized carbons (Fsp3) is 0.680. The van der Waals surface area contributed by atoms with Crippen LogP contribution >= 0.6 is 0 Å². The summed E-state index contributed by atoms with van der Waals surface area (Å²) in [7, 11) is 0. The topological polar surface area (TPSA) is 78.9 Å². The number of piperidine rings is 1. The van der Waals surface area contributed by atoms with Crippen molar-refractivity contribution in [1.29, 1.82) is 0 Å². The van der Waals surface area contributed by atoms with E-state index >= 15 is 0 Å². The molecule has 2 aliphatic heterocycles. The maximum absolute atomic E-state index is 13.6. The SMILES string of the molecule is O=C(OC1C2CC3CC(C2)CC1C3)C1c2ccccc2C2(CCNCC2)CN1C(=O)O. The van der Waals surface area contributed by atoms with Gasteiger partial charge < -0.3 is 15.2 Å². The third-order valence-electron chi connectivity index (χ3n) is 9.03. The van der Waals surface area contributed by atoms with E-state index in [9.17, 15) is 14.7 Å². The highest BCUT2D eigenvalue weighted by molar-refractivity contribution is 5.84. The molecule has 1 unspecified atom stereocenters. The maximum atomic E-state index is 13.6. The molecule has 166 valence electrons. The van der Waals surface area contributed by atoms with Crippen molar-refractivity contribution in [3.05, 3.63) is 35.4 Å². The summed E-state index contributed by atoms with van der Waals surface area (Å²) in [5.41, 5.74) is 1.74. The van der Waals surface area contributed by atoms with Crippen LogP contribution in [0.3, 0.4) is 0 Å². The number of fused-ring (bicyclic) bond motifs is 2. The highest BCUT2D eigenvalue weighted by Gasteiger charge is 2.53. The van der Waals surface area contributed by atoms with Gasteiger partial charge in [0.2, 0.25) is 0 Å². The zero-order valence-corrected chi connectivity index (χ0v) is 18.0. The Morgan fingerprint density at radius 2 is 1.65 bits per heavy atom. The second kappa shape index (κ2) is 7.22. The molecule has 6 heteroatoms. The van der Waals surface area contributed by atoms with Crippen molar-refractivity contribution in [3.63, 3.8) is 0 Å². The number of rotatable bonds is 2. The third kappa shape index (κ3) is 3.09. The largest absolute Gasteiger partial charge is 0.465 e. The van der Waals surface area contributed by atoms with Crippen LogP contribution in [0.25, 0.3) is 0 Å². The van der Waals surface area contributed by atoms with Gasteiger partial charge in [0.25, 0.3) is 0 Å². The quantitative estimate of drug-likeness (QED) is 0.708. The Kier molecular flexibility index (Phi) is 4.57. The number of hydrogen-bond donors (Lipinski definition) is 2. The minimum Gasteiger partial charge on any atom is -0.465 e. The van der Waals surface area contributed by atoms with Gasteiger partial charge in [-0.05, 0) is 92.8 Å². The van der Waals surface area contributed by atoms with E-state index < -0.39 is 12.1 Å². The highest BCUT2D eigenvalue weighted by atomic mass is 16.5. The van der Waals surface area contributed by atoms with Gasteiger partial charge in [0.1, 0.15) is 6.10 Å². The number of ether oxygens (including phenoxy) is 1. The molecule has 4 bridgehead atoms. The molecule has 0 aromatic heterocycles. The van der Waals surface area contributed by atoms with E-state index in [1.54, 1.807) is 0 Å². The Morgan fingerprint density at radius 3 is 2.29 bits per heavy atom. The molecule has 1 spiro atoms. The van der Waals surface area contributed by atoms with Crippen LogP contribution in [0.1, 0.15) is 62.1 Å². The molecule has 1 aromatic rings. The zero-order valence-electron chi connectivity index (χ0n) is 18.0. The van der Waals surface area contributed by atoms with E-state index in [0.29, 0.717) is 18.4 Å². The van der Waals surface area contributed by atoms with Crippen LogP contribution < -0.4 is 5.32 Å². The number of carbonyl (C=O) groups is 2. The fourth-order valence-electron chi connectivity index (χ4n) is 7.92. The molecule has 1 atom stereocenters. The van der Waals surface area contributed by atoms with Crippen LogP contribution in [0.15, 0.2) is 24.3 Å². The third-order valence-corrected chi connectivity index (χ3v) is 9.03. The average molecular weight is 425 g/mol. The van der Waals surface area contributed by atoms with Gasteiger partial charge in [-0.3, -0.25) is 4.90 Å². The molecule has 0 radical (unpaired) electrons. The Hall–Kier alpha value is -2.08.